The smallest absolute Gasteiger partial charge is 0.308 e. The molecule has 0 heterocycles. The molecule has 1 aromatic carbocycles. The van der Waals surface area contributed by atoms with E-state index < -0.39 is 0 Å². The molecule has 5 heteroatoms. The zero-order valence-electron chi connectivity index (χ0n) is 16.9. The molecule has 1 aromatic rings. The van der Waals surface area contributed by atoms with E-state index in [1.165, 1.54) is 44.2 Å². The fourth-order valence-corrected chi connectivity index (χ4v) is 5.34. The third-order valence-electron chi connectivity index (χ3n) is 6.54. The largest absolute Gasteiger partial charge is 0.450 e. The van der Waals surface area contributed by atoms with Crippen molar-refractivity contribution in [2.45, 2.75) is 70.8 Å². The van der Waals surface area contributed by atoms with Crippen LogP contribution < -0.4 is 4.74 Å². The number of esters is 2. The Balaban J connectivity index is 1.99. The van der Waals surface area contributed by atoms with Crippen molar-refractivity contribution < 1.29 is 19.1 Å². The average Bonchev–Trinajstić information content (AvgIpc) is 2.65. The molecule has 0 bridgehead atoms. The molecule has 0 radical (unpaired) electrons. The fourth-order valence-electron chi connectivity index (χ4n) is 5.34. The summed E-state index contributed by atoms with van der Waals surface area (Å²) in [6.45, 7) is 5.50. The minimum Gasteiger partial charge on any atom is -0.450 e. The summed E-state index contributed by atoms with van der Waals surface area (Å²) < 4.78 is 10.7. The van der Waals surface area contributed by atoms with Crippen molar-refractivity contribution in [3.8, 4) is 5.75 Å². The van der Waals surface area contributed by atoms with Gasteiger partial charge in [-0.15, -0.1) is 0 Å². The molecule has 3 rings (SSSR count). The van der Waals surface area contributed by atoms with Gasteiger partial charge in [0.15, 0.2) is 0 Å². The van der Waals surface area contributed by atoms with Gasteiger partial charge in [0.05, 0.1) is 0 Å². The van der Waals surface area contributed by atoms with Gasteiger partial charge in [-0.05, 0) is 67.3 Å². The number of fused-ring (bicyclic) bond motifs is 3. The molecule has 0 aliphatic heterocycles. The maximum atomic E-state index is 11.4. The normalized spacial score (nSPS) is 26.9. The second-order valence-electron chi connectivity index (χ2n) is 8.07. The standard InChI is InChI=1S/C22H31NO4/c1-5-22-11-7-6-8-19(22)21(23(4)14-26-15(2)24)12-17-9-10-18(13-20(17)22)27-16(3)25/h9-10,13,19,21H,5-8,11-12,14H2,1-4H3/t19-,21?,22-/m1/s1. The lowest BCUT2D eigenvalue weighted by Crippen LogP contribution is -2.54. The van der Waals surface area contributed by atoms with Crippen LogP contribution in [0.3, 0.4) is 0 Å². The van der Waals surface area contributed by atoms with Crippen molar-refractivity contribution >= 4 is 11.9 Å². The van der Waals surface area contributed by atoms with Crippen LogP contribution >= 0.6 is 0 Å². The number of nitrogens with zero attached hydrogens (tertiary/aromatic N) is 1. The van der Waals surface area contributed by atoms with Crippen LogP contribution in [0, 0.1) is 5.92 Å². The lowest BCUT2D eigenvalue weighted by atomic mass is 9.54. The van der Waals surface area contributed by atoms with Gasteiger partial charge in [0.1, 0.15) is 12.5 Å². The Morgan fingerprint density at radius 1 is 1.22 bits per heavy atom. The van der Waals surface area contributed by atoms with Crippen LogP contribution in [0.25, 0.3) is 0 Å². The number of rotatable bonds is 5. The van der Waals surface area contributed by atoms with E-state index in [0.29, 0.717) is 24.4 Å². The highest BCUT2D eigenvalue weighted by Gasteiger charge is 2.49. The summed E-state index contributed by atoms with van der Waals surface area (Å²) in [5, 5.41) is 0. The zero-order chi connectivity index (χ0) is 19.6. The van der Waals surface area contributed by atoms with Crippen LogP contribution in [0.5, 0.6) is 5.75 Å². The van der Waals surface area contributed by atoms with E-state index in [1.54, 1.807) is 0 Å². The highest BCUT2D eigenvalue weighted by Crippen LogP contribution is 2.53. The predicted octanol–water partition coefficient (Wildman–Crippen LogP) is 3.83. The topological polar surface area (TPSA) is 55.8 Å². The van der Waals surface area contributed by atoms with Gasteiger partial charge in [-0.3, -0.25) is 14.5 Å². The van der Waals surface area contributed by atoms with Crippen LogP contribution in [0.1, 0.15) is 64.0 Å². The molecule has 0 aromatic heterocycles. The van der Waals surface area contributed by atoms with Gasteiger partial charge in [-0.2, -0.15) is 0 Å². The second-order valence-corrected chi connectivity index (χ2v) is 8.07. The molecule has 5 nitrogen and oxygen atoms in total. The van der Waals surface area contributed by atoms with Gasteiger partial charge in [0, 0.05) is 19.9 Å². The Morgan fingerprint density at radius 2 is 2.00 bits per heavy atom. The lowest BCUT2D eigenvalue weighted by Gasteiger charge is -2.54. The molecule has 148 valence electrons. The van der Waals surface area contributed by atoms with E-state index in [2.05, 4.69) is 31.0 Å². The summed E-state index contributed by atoms with van der Waals surface area (Å²) in [7, 11) is 2.06. The van der Waals surface area contributed by atoms with Gasteiger partial charge in [-0.25, -0.2) is 0 Å². The third kappa shape index (κ3) is 3.88. The number of hydrogen-bond acceptors (Lipinski definition) is 5. The van der Waals surface area contributed by atoms with Crippen LogP contribution in [0.4, 0.5) is 0 Å². The molecule has 0 spiro atoms. The van der Waals surface area contributed by atoms with Crippen molar-refractivity contribution in [1.29, 1.82) is 0 Å². The van der Waals surface area contributed by atoms with Crippen molar-refractivity contribution in [2.75, 3.05) is 13.8 Å². The number of benzene rings is 1. The first-order chi connectivity index (χ1) is 12.9. The molecule has 1 unspecified atom stereocenters. The van der Waals surface area contributed by atoms with Crippen LogP contribution in [-0.4, -0.2) is 36.7 Å². The van der Waals surface area contributed by atoms with E-state index in [-0.39, 0.29) is 17.4 Å². The van der Waals surface area contributed by atoms with E-state index in [4.69, 9.17) is 9.47 Å². The first-order valence-electron chi connectivity index (χ1n) is 10.0. The van der Waals surface area contributed by atoms with E-state index in [0.717, 1.165) is 19.3 Å². The van der Waals surface area contributed by atoms with Gasteiger partial charge in [-0.1, -0.05) is 25.8 Å². The Morgan fingerprint density at radius 3 is 2.67 bits per heavy atom. The Labute approximate surface area is 162 Å². The maximum Gasteiger partial charge on any atom is 0.308 e. The molecule has 1 fully saturated rings. The zero-order valence-corrected chi connectivity index (χ0v) is 16.9. The van der Waals surface area contributed by atoms with Crippen molar-refractivity contribution in [2.24, 2.45) is 5.92 Å². The van der Waals surface area contributed by atoms with Gasteiger partial charge in [0.2, 0.25) is 0 Å². The quantitative estimate of drug-likeness (QED) is 0.446. The molecule has 27 heavy (non-hydrogen) atoms. The Kier molecular flexibility index (Phi) is 5.89. The second kappa shape index (κ2) is 8.01. The van der Waals surface area contributed by atoms with E-state index >= 15 is 0 Å². The monoisotopic (exact) mass is 373 g/mol. The predicted molar refractivity (Wildman–Crippen MR) is 104 cm³/mol. The van der Waals surface area contributed by atoms with Crippen molar-refractivity contribution in [3.05, 3.63) is 29.3 Å². The molecule has 2 aliphatic rings. The summed E-state index contributed by atoms with van der Waals surface area (Å²) >= 11 is 0. The average molecular weight is 373 g/mol. The van der Waals surface area contributed by atoms with Crippen LogP contribution in [0.2, 0.25) is 0 Å². The third-order valence-corrected chi connectivity index (χ3v) is 6.54. The molecule has 0 saturated heterocycles. The Bertz CT molecular complexity index is 716. The minimum absolute atomic E-state index is 0.0944. The summed E-state index contributed by atoms with van der Waals surface area (Å²) in [5.41, 5.74) is 2.77. The van der Waals surface area contributed by atoms with Gasteiger partial charge in [0.25, 0.3) is 0 Å². The summed E-state index contributed by atoms with van der Waals surface area (Å²) in [6.07, 6.45) is 6.79. The number of carbonyl (C=O) groups is 2. The van der Waals surface area contributed by atoms with Gasteiger partial charge >= 0.3 is 11.9 Å². The number of carbonyl (C=O) groups excluding carboxylic acids is 2. The summed E-state index contributed by atoms with van der Waals surface area (Å²) in [6, 6.07) is 6.45. The van der Waals surface area contributed by atoms with Crippen molar-refractivity contribution in [3.63, 3.8) is 0 Å². The van der Waals surface area contributed by atoms with Crippen LogP contribution in [0.15, 0.2) is 18.2 Å². The maximum absolute atomic E-state index is 11.4. The summed E-state index contributed by atoms with van der Waals surface area (Å²) in [4.78, 5) is 24.9. The molecule has 1 saturated carbocycles. The first-order valence-corrected chi connectivity index (χ1v) is 10.0. The van der Waals surface area contributed by atoms with Crippen molar-refractivity contribution in [1.82, 2.24) is 4.90 Å². The molecule has 0 N–H and O–H groups in total. The number of ether oxygens (including phenoxy) is 2. The molecule has 0 amide bonds. The minimum atomic E-state index is -0.282. The Hall–Kier alpha value is -1.88. The van der Waals surface area contributed by atoms with Gasteiger partial charge < -0.3 is 9.47 Å². The fraction of sp³-hybridized carbons (Fsp3) is 0.636. The molecule has 3 atom stereocenters. The highest BCUT2D eigenvalue weighted by molar-refractivity contribution is 5.69. The highest BCUT2D eigenvalue weighted by atomic mass is 16.5. The molecular formula is C22H31NO4. The molecule has 2 aliphatic carbocycles. The SMILES string of the molecule is CC[C@@]12CCCC[C@@H]1C(N(C)COC(C)=O)Cc1ccc(OC(C)=O)cc12. The lowest BCUT2D eigenvalue weighted by molar-refractivity contribution is -0.147. The molecular weight excluding hydrogens is 342 g/mol. The summed E-state index contributed by atoms with van der Waals surface area (Å²) in [5.74, 6) is 0.631. The first kappa shape index (κ1) is 19.9. The van der Waals surface area contributed by atoms with E-state index in [1.807, 2.05) is 6.07 Å². The van der Waals surface area contributed by atoms with E-state index in [9.17, 15) is 9.59 Å². The number of likely N-dealkylation sites (N-methyl/N-ethyl adjacent to an activating group) is 1. The number of hydrogen-bond donors (Lipinski definition) is 0. The van der Waals surface area contributed by atoms with Crippen LogP contribution in [-0.2, 0) is 26.2 Å².